The molecule has 1 rings (SSSR count). The Labute approximate surface area is 125 Å². The van der Waals surface area contributed by atoms with Crippen LogP contribution in [0.2, 0.25) is 0 Å². The summed E-state index contributed by atoms with van der Waals surface area (Å²) in [7, 11) is 1.41. The summed E-state index contributed by atoms with van der Waals surface area (Å²) < 4.78 is 23.4. The normalized spacial score (nSPS) is 10.8. The lowest BCUT2D eigenvalue weighted by atomic mass is 10.2. The Morgan fingerprint density at radius 1 is 1.24 bits per heavy atom. The molecular weight excluding hydrogens is 271 g/mol. The Balaban J connectivity index is 2.32. The van der Waals surface area contributed by atoms with Gasteiger partial charge >= 0.3 is 5.97 Å². The van der Waals surface area contributed by atoms with E-state index in [4.69, 9.17) is 9.47 Å². The van der Waals surface area contributed by atoms with E-state index < -0.39 is 11.8 Å². The van der Waals surface area contributed by atoms with Gasteiger partial charge in [-0.25, -0.2) is 9.18 Å². The molecule has 0 saturated heterocycles. The van der Waals surface area contributed by atoms with Gasteiger partial charge in [-0.15, -0.1) is 0 Å². The van der Waals surface area contributed by atoms with E-state index in [0.29, 0.717) is 12.2 Å². The minimum absolute atomic E-state index is 0.182. The average Bonchev–Trinajstić information content (AvgIpc) is 2.49. The first kappa shape index (κ1) is 17.2. The van der Waals surface area contributed by atoms with Crippen LogP contribution in [0.1, 0.15) is 44.6 Å². The fourth-order valence-electron chi connectivity index (χ4n) is 1.88. The van der Waals surface area contributed by atoms with Crippen LogP contribution < -0.4 is 4.74 Å². The molecule has 0 amide bonds. The van der Waals surface area contributed by atoms with E-state index in [9.17, 15) is 9.18 Å². The number of rotatable bonds is 9. The molecule has 21 heavy (non-hydrogen) atoms. The third-order valence-electron chi connectivity index (χ3n) is 3.08. The van der Waals surface area contributed by atoms with Gasteiger partial charge < -0.3 is 9.47 Å². The molecule has 0 aliphatic heterocycles. The monoisotopic (exact) mass is 294 g/mol. The lowest BCUT2D eigenvalue weighted by Gasteiger charge is -2.03. The van der Waals surface area contributed by atoms with Crippen molar-refractivity contribution in [1.82, 2.24) is 0 Å². The second-order valence-electron chi connectivity index (χ2n) is 4.81. The van der Waals surface area contributed by atoms with Crippen LogP contribution in [-0.4, -0.2) is 19.7 Å². The summed E-state index contributed by atoms with van der Waals surface area (Å²) in [5.41, 5.74) is 0.591. The second kappa shape index (κ2) is 9.97. The Morgan fingerprint density at radius 3 is 2.67 bits per heavy atom. The number of hydrogen-bond donors (Lipinski definition) is 0. The van der Waals surface area contributed by atoms with Gasteiger partial charge in [0.2, 0.25) is 0 Å². The number of hydrogen-bond acceptors (Lipinski definition) is 3. The van der Waals surface area contributed by atoms with Gasteiger partial charge in [0.25, 0.3) is 0 Å². The molecule has 0 saturated carbocycles. The predicted octanol–water partition coefficient (Wildman–Crippen LogP) is 4.36. The van der Waals surface area contributed by atoms with E-state index in [2.05, 4.69) is 6.92 Å². The van der Waals surface area contributed by atoms with E-state index in [1.165, 1.54) is 50.7 Å². The zero-order chi connectivity index (χ0) is 15.5. The summed E-state index contributed by atoms with van der Waals surface area (Å²) in [5, 5.41) is 0. The van der Waals surface area contributed by atoms with E-state index in [-0.39, 0.29) is 5.75 Å². The fraction of sp³-hybridized carbons (Fsp3) is 0.471. The van der Waals surface area contributed by atoms with E-state index in [1.807, 2.05) is 0 Å². The number of methoxy groups -OCH3 is 1. The van der Waals surface area contributed by atoms with Crippen LogP contribution in [0.15, 0.2) is 24.3 Å². The topological polar surface area (TPSA) is 35.5 Å². The molecule has 0 heterocycles. The van der Waals surface area contributed by atoms with Crippen LogP contribution in [0.3, 0.4) is 0 Å². The third kappa shape index (κ3) is 6.93. The quantitative estimate of drug-likeness (QED) is 0.385. The number of carbonyl (C=O) groups is 1. The first-order valence-corrected chi connectivity index (χ1v) is 7.35. The van der Waals surface area contributed by atoms with Gasteiger partial charge in [0.1, 0.15) is 0 Å². The highest BCUT2D eigenvalue weighted by atomic mass is 19.1. The predicted molar refractivity (Wildman–Crippen MR) is 81.7 cm³/mol. The first-order chi connectivity index (χ1) is 10.2. The van der Waals surface area contributed by atoms with Crippen molar-refractivity contribution in [3.63, 3.8) is 0 Å². The molecule has 0 radical (unpaired) electrons. The zero-order valence-electron chi connectivity index (χ0n) is 12.7. The Bertz CT molecular complexity index is 469. The number of ether oxygens (including phenoxy) is 2. The Hall–Kier alpha value is -1.84. The molecular formula is C17H23FO3. The van der Waals surface area contributed by atoms with Crippen molar-refractivity contribution in [1.29, 1.82) is 0 Å². The maximum atomic E-state index is 13.5. The van der Waals surface area contributed by atoms with Crippen LogP contribution >= 0.6 is 0 Å². The molecule has 1 aromatic carbocycles. The summed E-state index contributed by atoms with van der Waals surface area (Å²) in [6.45, 7) is 2.59. The standard InChI is InChI=1S/C17H23FO3/c1-3-4-5-6-7-12-21-17(19)11-9-14-8-10-16(20-2)15(18)13-14/h8-11,13H,3-7,12H2,1-2H3/b11-9+. The van der Waals surface area contributed by atoms with E-state index in [0.717, 1.165) is 12.8 Å². The summed E-state index contributed by atoms with van der Waals surface area (Å²) in [5.74, 6) is -0.674. The maximum absolute atomic E-state index is 13.5. The van der Waals surface area contributed by atoms with Crippen LogP contribution in [0.25, 0.3) is 6.08 Å². The number of unbranched alkanes of at least 4 members (excludes halogenated alkanes) is 4. The smallest absolute Gasteiger partial charge is 0.330 e. The van der Waals surface area contributed by atoms with Crippen LogP contribution in [0.4, 0.5) is 4.39 Å². The van der Waals surface area contributed by atoms with E-state index >= 15 is 0 Å². The number of halogens is 1. The molecule has 0 bridgehead atoms. The van der Waals surface area contributed by atoms with Crippen molar-refractivity contribution in [2.75, 3.05) is 13.7 Å². The maximum Gasteiger partial charge on any atom is 0.330 e. The summed E-state index contributed by atoms with van der Waals surface area (Å²) in [6.07, 6.45) is 8.40. The molecule has 3 nitrogen and oxygen atoms in total. The summed E-state index contributed by atoms with van der Waals surface area (Å²) in [6, 6.07) is 4.51. The minimum Gasteiger partial charge on any atom is -0.494 e. The second-order valence-corrected chi connectivity index (χ2v) is 4.81. The van der Waals surface area contributed by atoms with Crippen molar-refractivity contribution in [3.8, 4) is 5.75 Å². The van der Waals surface area contributed by atoms with Crippen LogP contribution in [0, 0.1) is 5.82 Å². The fourth-order valence-corrected chi connectivity index (χ4v) is 1.88. The molecule has 0 aliphatic carbocycles. The highest BCUT2D eigenvalue weighted by molar-refractivity contribution is 5.87. The highest BCUT2D eigenvalue weighted by Gasteiger charge is 2.02. The van der Waals surface area contributed by atoms with Gasteiger partial charge in [-0.2, -0.15) is 0 Å². The molecule has 0 atom stereocenters. The number of esters is 1. The molecule has 0 spiro atoms. The van der Waals surface area contributed by atoms with Crippen molar-refractivity contribution in [2.24, 2.45) is 0 Å². The van der Waals surface area contributed by atoms with Gasteiger partial charge in [0, 0.05) is 6.08 Å². The van der Waals surface area contributed by atoms with Gasteiger partial charge in [0.15, 0.2) is 11.6 Å². The van der Waals surface area contributed by atoms with Gasteiger partial charge in [-0.1, -0.05) is 38.7 Å². The Morgan fingerprint density at radius 2 is 2.00 bits per heavy atom. The van der Waals surface area contributed by atoms with Crippen molar-refractivity contribution < 1.29 is 18.7 Å². The van der Waals surface area contributed by atoms with Gasteiger partial charge in [0.05, 0.1) is 13.7 Å². The van der Waals surface area contributed by atoms with Crippen molar-refractivity contribution in [2.45, 2.75) is 39.0 Å². The minimum atomic E-state index is -0.455. The molecule has 1 aromatic rings. The molecule has 0 aromatic heterocycles. The van der Waals surface area contributed by atoms with Gasteiger partial charge in [-0.05, 0) is 30.2 Å². The SMILES string of the molecule is CCCCCCCOC(=O)/C=C/c1ccc(OC)c(F)c1. The number of benzene rings is 1. The van der Waals surface area contributed by atoms with E-state index in [1.54, 1.807) is 6.07 Å². The third-order valence-corrected chi connectivity index (χ3v) is 3.08. The highest BCUT2D eigenvalue weighted by Crippen LogP contribution is 2.18. The molecule has 4 heteroatoms. The largest absolute Gasteiger partial charge is 0.494 e. The number of carbonyl (C=O) groups excluding carboxylic acids is 1. The molecule has 0 unspecified atom stereocenters. The van der Waals surface area contributed by atoms with Crippen molar-refractivity contribution in [3.05, 3.63) is 35.7 Å². The summed E-state index contributed by atoms with van der Waals surface area (Å²) >= 11 is 0. The van der Waals surface area contributed by atoms with Crippen molar-refractivity contribution >= 4 is 12.0 Å². The van der Waals surface area contributed by atoms with Crippen LogP contribution in [-0.2, 0) is 9.53 Å². The Kier molecular flexibility index (Phi) is 8.17. The first-order valence-electron chi connectivity index (χ1n) is 7.35. The lowest BCUT2D eigenvalue weighted by Crippen LogP contribution is -2.02. The molecule has 0 fully saturated rings. The molecule has 0 N–H and O–H groups in total. The zero-order valence-corrected chi connectivity index (χ0v) is 12.7. The van der Waals surface area contributed by atoms with Crippen LogP contribution in [0.5, 0.6) is 5.75 Å². The average molecular weight is 294 g/mol. The molecule has 116 valence electrons. The molecule has 0 aliphatic rings. The summed E-state index contributed by atoms with van der Waals surface area (Å²) in [4.78, 5) is 11.5. The lowest BCUT2D eigenvalue weighted by molar-refractivity contribution is -0.137. The van der Waals surface area contributed by atoms with Gasteiger partial charge in [-0.3, -0.25) is 0 Å².